The van der Waals surface area contributed by atoms with Crippen molar-refractivity contribution in [3.63, 3.8) is 0 Å². The maximum atomic E-state index is 13.0. The van der Waals surface area contributed by atoms with Gasteiger partial charge in [-0.2, -0.15) is 0 Å². The van der Waals surface area contributed by atoms with Gasteiger partial charge >= 0.3 is 0 Å². The number of rotatable bonds is 5. The van der Waals surface area contributed by atoms with E-state index in [0.29, 0.717) is 23.6 Å². The number of ketones is 1. The zero-order valence-electron chi connectivity index (χ0n) is 15.9. The van der Waals surface area contributed by atoms with Crippen molar-refractivity contribution in [1.82, 2.24) is 9.88 Å². The highest BCUT2D eigenvalue weighted by molar-refractivity contribution is 6.34. The molecule has 28 heavy (non-hydrogen) atoms. The first-order valence-corrected chi connectivity index (χ1v) is 9.72. The monoisotopic (exact) mass is 395 g/mol. The first-order valence-electron chi connectivity index (χ1n) is 9.34. The topological polar surface area (TPSA) is 56.4 Å². The van der Waals surface area contributed by atoms with Crippen LogP contribution < -0.4 is 4.90 Å². The molecule has 1 amide bonds. The van der Waals surface area contributed by atoms with E-state index in [9.17, 15) is 9.59 Å². The Labute approximate surface area is 168 Å². The van der Waals surface area contributed by atoms with Gasteiger partial charge in [-0.15, -0.1) is 0 Å². The number of Topliss-reactive ketones (excluding diaryl/α,β-unsaturated/α-hetero) is 1. The molecule has 0 spiro atoms. The number of aromatic nitrogens is 1. The molecule has 1 saturated heterocycles. The van der Waals surface area contributed by atoms with Gasteiger partial charge in [0.1, 0.15) is 0 Å². The number of anilines is 1. The number of fused-ring (bicyclic) bond motifs is 1. The van der Waals surface area contributed by atoms with Gasteiger partial charge in [-0.3, -0.25) is 14.5 Å². The Morgan fingerprint density at radius 3 is 2.71 bits per heavy atom. The number of nitrogens with one attached hydrogen (secondary N) is 1. The van der Waals surface area contributed by atoms with Crippen LogP contribution in [0.1, 0.15) is 22.5 Å². The van der Waals surface area contributed by atoms with Crippen LogP contribution in [0.5, 0.6) is 0 Å². The summed E-state index contributed by atoms with van der Waals surface area (Å²) in [6.45, 7) is 2.69. The van der Waals surface area contributed by atoms with Crippen LogP contribution in [0.2, 0.25) is 5.02 Å². The minimum absolute atomic E-state index is 0.0148. The molecule has 1 aromatic heterocycles. The van der Waals surface area contributed by atoms with Crippen molar-refractivity contribution in [2.45, 2.75) is 19.4 Å². The minimum Gasteiger partial charge on any atom is -0.358 e. The summed E-state index contributed by atoms with van der Waals surface area (Å²) in [5.41, 5.74) is 3.24. The average molecular weight is 396 g/mol. The summed E-state index contributed by atoms with van der Waals surface area (Å²) in [5.74, 6) is 0.000456. The van der Waals surface area contributed by atoms with E-state index >= 15 is 0 Å². The number of hydrogen-bond donors (Lipinski definition) is 1. The standard InChI is InChI=1S/C22H22ClN3O2/c1-14-21(15-7-3-5-9-17(15)24-14)20(27)13-25(2)19-11-12-26(22(19)28)18-10-6-4-8-16(18)23/h3-10,19,24H,11-13H2,1-2H3. The number of para-hydroxylation sites is 2. The molecule has 1 aliphatic rings. The van der Waals surface area contributed by atoms with Crippen molar-refractivity contribution >= 4 is 39.9 Å². The van der Waals surface area contributed by atoms with Gasteiger partial charge in [-0.25, -0.2) is 0 Å². The number of benzene rings is 2. The summed E-state index contributed by atoms with van der Waals surface area (Å²) in [6, 6.07) is 14.8. The second kappa shape index (κ2) is 7.41. The summed E-state index contributed by atoms with van der Waals surface area (Å²) in [4.78, 5) is 32.8. The number of halogens is 1. The molecule has 2 heterocycles. The Kier molecular flexibility index (Phi) is 4.96. The molecule has 1 unspecified atom stereocenters. The third-order valence-corrected chi connectivity index (χ3v) is 5.74. The van der Waals surface area contributed by atoms with Gasteiger partial charge in [0.05, 0.1) is 23.3 Å². The maximum absolute atomic E-state index is 13.0. The highest BCUT2D eigenvalue weighted by Crippen LogP contribution is 2.30. The molecule has 3 aromatic rings. The molecule has 2 aromatic carbocycles. The number of carbonyl (C=O) groups excluding carboxylic acids is 2. The lowest BCUT2D eigenvalue weighted by molar-refractivity contribution is -0.121. The van der Waals surface area contributed by atoms with Gasteiger partial charge in [-0.1, -0.05) is 41.9 Å². The zero-order chi connectivity index (χ0) is 19.8. The van der Waals surface area contributed by atoms with E-state index < -0.39 is 0 Å². The van der Waals surface area contributed by atoms with Gasteiger partial charge in [0.2, 0.25) is 5.91 Å². The zero-order valence-corrected chi connectivity index (χ0v) is 16.7. The van der Waals surface area contributed by atoms with Gasteiger partial charge in [0.25, 0.3) is 0 Å². The van der Waals surface area contributed by atoms with E-state index in [1.54, 1.807) is 11.0 Å². The Balaban J connectivity index is 1.52. The molecule has 144 valence electrons. The van der Waals surface area contributed by atoms with E-state index in [0.717, 1.165) is 22.3 Å². The van der Waals surface area contributed by atoms with Gasteiger partial charge < -0.3 is 9.88 Å². The lowest BCUT2D eigenvalue weighted by Crippen LogP contribution is -2.42. The van der Waals surface area contributed by atoms with Crippen LogP contribution in [0, 0.1) is 6.92 Å². The highest BCUT2D eigenvalue weighted by Gasteiger charge is 2.36. The van der Waals surface area contributed by atoms with Crippen LogP contribution in [0.25, 0.3) is 10.9 Å². The molecule has 0 radical (unpaired) electrons. The highest BCUT2D eigenvalue weighted by atomic mass is 35.5. The second-order valence-electron chi connectivity index (χ2n) is 7.25. The predicted molar refractivity (Wildman–Crippen MR) is 112 cm³/mol. The van der Waals surface area contributed by atoms with Crippen LogP contribution in [0.3, 0.4) is 0 Å². The smallest absolute Gasteiger partial charge is 0.244 e. The van der Waals surface area contributed by atoms with Crippen LogP contribution in [0.15, 0.2) is 48.5 Å². The Morgan fingerprint density at radius 2 is 1.93 bits per heavy atom. The molecule has 1 atom stereocenters. The summed E-state index contributed by atoms with van der Waals surface area (Å²) in [5, 5.41) is 1.48. The Morgan fingerprint density at radius 1 is 1.21 bits per heavy atom. The summed E-state index contributed by atoms with van der Waals surface area (Å²) < 4.78 is 0. The fraction of sp³-hybridized carbons (Fsp3) is 0.273. The van der Waals surface area contributed by atoms with E-state index in [1.165, 1.54) is 0 Å². The maximum Gasteiger partial charge on any atom is 0.244 e. The van der Waals surface area contributed by atoms with Crippen LogP contribution in [-0.4, -0.2) is 47.8 Å². The molecule has 0 aliphatic carbocycles. The number of likely N-dealkylation sites (N-methyl/N-ethyl adjacent to an activating group) is 1. The minimum atomic E-state index is -0.328. The third-order valence-electron chi connectivity index (χ3n) is 5.42. The van der Waals surface area contributed by atoms with Crippen molar-refractivity contribution < 1.29 is 9.59 Å². The predicted octanol–water partition coefficient (Wildman–Crippen LogP) is 4.05. The van der Waals surface area contributed by atoms with Crippen LogP contribution >= 0.6 is 11.6 Å². The molecule has 5 nitrogen and oxygen atoms in total. The number of carbonyl (C=O) groups is 2. The lowest BCUT2D eigenvalue weighted by atomic mass is 10.1. The van der Waals surface area contributed by atoms with Crippen LogP contribution in [0.4, 0.5) is 5.69 Å². The normalized spacial score (nSPS) is 17.1. The molecule has 0 bridgehead atoms. The first-order chi connectivity index (χ1) is 13.5. The van der Waals surface area contributed by atoms with Crippen LogP contribution in [-0.2, 0) is 4.79 Å². The van der Waals surface area contributed by atoms with Crippen molar-refractivity contribution in [3.8, 4) is 0 Å². The lowest BCUT2D eigenvalue weighted by Gasteiger charge is -2.23. The number of H-pyrrole nitrogens is 1. The summed E-state index contributed by atoms with van der Waals surface area (Å²) in [6.07, 6.45) is 0.667. The molecule has 1 fully saturated rings. The van der Waals surface area contributed by atoms with Gasteiger partial charge in [0.15, 0.2) is 5.78 Å². The van der Waals surface area contributed by atoms with E-state index in [1.807, 2.05) is 61.3 Å². The molecule has 6 heteroatoms. The Bertz CT molecular complexity index is 1060. The number of aryl methyl sites for hydroxylation is 1. The van der Waals surface area contributed by atoms with E-state index in [4.69, 9.17) is 11.6 Å². The van der Waals surface area contributed by atoms with Crippen molar-refractivity contribution in [3.05, 3.63) is 64.8 Å². The van der Waals surface area contributed by atoms with Gasteiger partial charge in [0, 0.05) is 28.7 Å². The average Bonchev–Trinajstić information content (AvgIpc) is 3.21. The third kappa shape index (κ3) is 3.21. The number of aromatic amines is 1. The molecule has 4 rings (SSSR count). The second-order valence-corrected chi connectivity index (χ2v) is 7.66. The van der Waals surface area contributed by atoms with Crippen molar-refractivity contribution in [2.75, 3.05) is 25.0 Å². The SMILES string of the molecule is Cc1[nH]c2ccccc2c1C(=O)CN(C)C1CCN(c2ccccc2Cl)C1=O. The first kappa shape index (κ1) is 18.7. The van der Waals surface area contributed by atoms with E-state index in [-0.39, 0.29) is 24.3 Å². The number of amides is 1. The number of nitrogens with zero attached hydrogens (tertiary/aromatic N) is 2. The molecular formula is C22H22ClN3O2. The molecule has 1 aliphatic heterocycles. The number of hydrogen-bond acceptors (Lipinski definition) is 3. The molecule has 1 N–H and O–H groups in total. The van der Waals surface area contributed by atoms with Crippen molar-refractivity contribution in [1.29, 1.82) is 0 Å². The summed E-state index contributed by atoms with van der Waals surface area (Å²) in [7, 11) is 1.83. The summed E-state index contributed by atoms with van der Waals surface area (Å²) >= 11 is 6.26. The fourth-order valence-corrected chi connectivity index (χ4v) is 4.27. The molecule has 0 saturated carbocycles. The Hall–Kier alpha value is -2.63. The quantitative estimate of drug-likeness (QED) is 0.663. The largest absolute Gasteiger partial charge is 0.358 e. The molecular weight excluding hydrogens is 374 g/mol. The fourth-order valence-electron chi connectivity index (χ4n) is 4.04. The van der Waals surface area contributed by atoms with Gasteiger partial charge in [-0.05, 0) is 38.6 Å². The van der Waals surface area contributed by atoms with E-state index in [2.05, 4.69) is 4.98 Å². The van der Waals surface area contributed by atoms with Crippen molar-refractivity contribution in [2.24, 2.45) is 0 Å².